The quantitative estimate of drug-likeness (QED) is 0.646. The molecule has 1 aliphatic rings. The number of aromatic nitrogens is 2. The minimum Gasteiger partial charge on any atom is -0.371 e. The van der Waals surface area contributed by atoms with Crippen LogP contribution >= 0.6 is 0 Å². The SMILES string of the molecule is Cc1cc(N2CCC(C(F)(F)F)CC2)ccc1Nc1ccc2[nH]ncc2c1. The third-order valence-electron chi connectivity index (χ3n) is 5.25. The third kappa shape index (κ3) is 3.72. The first-order valence-electron chi connectivity index (χ1n) is 9.02. The van der Waals surface area contributed by atoms with Crippen LogP contribution < -0.4 is 10.2 Å². The van der Waals surface area contributed by atoms with Crippen molar-refractivity contribution in [1.82, 2.24) is 10.2 Å². The summed E-state index contributed by atoms with van der Waals surface area (Å²) >= 11 is 0. The van der Waals surface area contributed by atoms with Crippen LogP contribution in [0.2, 0.25) is 0 Å². The number of piperidine rings is 1. The van der Waals surface area contributed by atoms with Crippen molar-refractivity contribution in [3.8, 4) is 0 Å². The highest BCUT2D eigenvalue weighted by Crippen LogP contribution is 2.36. The number of benzene rings is 2. The van der Waals surface area contributed by atoms with Crippen molar-refractivity contribution in [1.29, 1.82) is 0 Å². The minimum absolute atomic E-state index is 0.160. The normalized spacial score (nSPS) is 16.1. The smallest absolute Gasteiger partial charge is 0.371 e. The van der Waals surface area contributed by atoms with Gasteiger partial charge in [0.15, 0.2) is 0 Å². The molecule has 27 heavy (non-hydrogen) atoms. The Labute approximate surface area is 155 Å². The van der Waals surface area contributed by atoms with Crippen molar-refractivity contribution in [2.45, 2.75) is 25.9 Å². The fourth-order valence-corrected chi connectivity index (χ4v) is 3.63. The zero-order valence-corrected chi connectivity index (χ0v) is 15.0. The van der Waals surface area contributed by atoms with Gasteiger partial charge < -0.3 is 10.2 Å². The molecule has 3 aromatic rings. The molecule has 0 bridgehead atoms. The van der Waals surface area contributed by atoms with E-state index in [2.05, 4.69) is 15.5 Å². The number of aryl methyl sites for hydroxylation is 1. The van der Waals surface area contributed by atoms with Gasteiger partial charge in [-0.3, -0.25) is 5.10 Å². The lowest BCUT2D eigenvalue weighted by atomic mass is 9.96. The van der Waals surface area contributed by atoms with Crippen LogP contribution in [0.5, 0.6) is 0 Å². The first-order chi connectivity index (χ1) is 12.9. The summed E-state index contributed by atoms with van der Waals surface area (Å²) < 4.78 is 38.5. The lowest BCUT2D eigenvalue weighted by molar-refractivity contribution is -0.179. The first kappa shape index (κ1) is 17.7. The van der Waals surface area contributed by atoms with E-state index < -0.39 is 12.1 Å². The summed E-state index contributed by atoms with van der Waals surface area (Å²) in [5, 5.41) is 11.4. The fraction of sp³-hybridized carbons (Fsp3) is 0.350. The standard InChI is InChI=1S/C20H21F3N4/c1-13-10-17(27-8-6-15(7-9-27)20(21,22)23)3-5-18(13)25-16-2-4-19-14(11-16)12-24-26-19/h2-5,10-12,15,25H,6-9H2,1H3,(H,24,26). The average molecular weight is 374 g/mol. The molecule has 2 heterocycles. The van der Waals surface area contributed by atoms with Gasteiger partial charge in [0.2, 0.25) is 0 Å². The number of H-pyrrole nitrogens is 1. The van der Waals surface area contributed by atoms with Gasteiger partial charge in [-0.1, -0.05) is 0 Å². The van der Waals surface area contributed by atoms with E-state index >= 15 is 0 Å². The second kappa shape index (κ2) is 6.79. The maximum absolute atomic E-state index is 12.8. The molecule has 0 radical (unpaired) electrons. The molecule has 0 unspecified atom stereocenters. The predicted molar refractivity (Wildman–Crippen MR) is 102 cm³/mol. The number of fused-ring (bicyclic) bond motifs is 1. The largest absolute Gasteiger partial charge is 0.391 e. The molecule has 2 N–H and O–H groups in total. The van der Waals surface area contributed by atoms with E-state index in [1.54, 1.807) is 6.20 Å². The fourth-order valence-electron chi connectivity index (χ4n) is 3.63. The Morgan fingerprint density at radius 3 is 2.59 bits per heavy atom. The molecule has 0 amide bonds. The molecule has 1 aromatic heterocycles. The Morgan fingerprint density at radius 2 is 1.89 bits per heavy atom. The molecule has 0 saturated carbocycles. The number of nitrogens with zero attached hydrogens (tertiary/aromatic N) is 2. The van der Waals surface area contributed by atoms with Gasteiger partial charge in [0.05, 0.1) is 17.6 Å². The van der Waals surface area contributed by atoms with Gasteiger partial charge in [0.25, 0.3) is 0 Å². The van der Waals surface area contributed by atoms with Gasteiger partial charge in [0, 0.05) is 35.5 Å². The number of hydrogen-bond donors (Lipinski definition) is 2. The number of rotatable bonds is 3. The van der Waals surface area contributed by atoms with Gasteiger partial charge in [-0.05, 0) is 61.7 Å². The monoisotopic (exact) mass is 374 g/mol. The van der Waals surface area contributed by atoms with Crippen molar-refractivity contribution < 1.29 is 13.2 Å². The zero-order chi connectivity index (χ0) is 19.0. The van der Waals surface area contributed by atoms with Crippen molar-refractivity contribution in [2.24, 2.45) is 5.92 Å². The number of nitrogens with one attached hydrogen (secondary N) is 2. The Balaban J connectivity index is 1.46. The van der Waals surface area contributed by atoms with E-state index in [-0.39, 0.29) is 12.8 Å². The van der Waals surface area contributed by atoms with Crippen molar-refractivity contribution in [3.05, 3.63) is 48.2 Å². The molecule has 142 valence electrons. The number of hydrogen-bond acceptors (Lipinski definition) is 3. The van der Waals surface area contributed by atoms with Gasteiger partial charge in [-0.2, -0.15) is 18.3 Å². The molecule has 0 spiro atoms. The second-order valence-corrected chi connectivity index (χ2v) is 7.10. The Bertz CT molecular complexity index is 940. The molecular formula is C20H21F3N4. The summed E-state index contributed by atoms with van der Waals surface area (Å²) in [6.45, 7) is 2.88. The van der Waals surface area contributed by atoms with E-state index in [1.165, 1.54) is 0 Å². The Morgan fingerprint density at radius 1 is 1.11 bits per heavy atom. The molecule has 2 aromatic carbocycles. The summed E-state index contributed by atoms with van der Waals surface area (Å²) in [4.78, 5) is 2.04. The van der Waals surface area contributed by atoms with Crippen LogP contribution in [0.25, 0.3) is 10.9 Å². The van der Waals surface area contributed by atoms with Crippen molar-refractivity contribution >= 4 is 28.0 Å². The van der Waals surface area contributed by atoms with E-state index in [4.69, 9.17) is 0 Å². The molecular weight excluding hydrogens is 353 g/mol. The average Bonchev–Trinajstić information content (AvgIpc) is 3.10. The highest BCUT2D eigenvalue weighted by atomic mass is 19.4. The molecule has 1 aliphatic heterocycles. The van der Waals surface area contributed by atoms with E-state index in [0.717, 1.165) is 33.5 Å². The van der Waals surface area contributed by atoms with Crippen LogP contribution in [0, 0.1) is 12.8 Å². The lowest BCUT2D eigenvalue weighted by Crippen LogP contribution is -2.39. The van der Waals surface area contributed by atoms with Crippen LogP contribution in [0.15, 0.2) is 42.6 Å². The molecule has 0 atom stereocenters. The maximum Gasteiger partial charge on any atom is 0.391 e. The van der Waals surface area contributed by atoms with E-state index in [0.29, 0.717) is 13.1 Å². The van der Waals surface area contributed by atoms with E-state index in [9.17, 15) is 13.2 Å². The highest BCUT2D eigenvalue weighted by Gasteiger charge is 2.41. The summed E-state index contributed by atoms with van der Waals surface area (Å²) in [7, 11) is 0. The van der Waals surface area contributed by atoms with Crippen LogP contribution in [0.1, 0.15) is 18.4 Å². The van der Waals surface area contributed by atoms with Crippen molar-refractivity contribution in [3.63, 3.8) is 0 Å². The predicted octanol–water partition coefficient (Wildman–Crippen LogP) is 5.39. The molecule has 0 aliphatic carbocycles. The molecule has 1 saturated heterocycles. The highest BCUT2D eigenvalue weighted by molar-refractivity contribution is 5.83. The van der Waals surface area contributed by atoms with Crippen LogP contribution in [-0.2, 0) is 0 Å². The molecule has 7 heteroatoms. The summed E-state index contributed by atoms with van der Waals surface area (Å²) in [6.07, 6.45) is -1.98. The van der Waals surface area contributed by atoms with Crippen LogP contribution in [0.3, 0.4) is 0 Å². The summed E-state index contributed by atoms with van der Waals surface area (Å²) in [5.74, 6) is -1.17. The topological polar surface area (TPSA) is 44.0 Å². The van der Waals surface area contributed by atoms with Gasteiger partial charge in [0.1, 0.15) is 0 Å². The molecule has 4 rings (SSSR count). The third-order valence-corrected chi connectivity index (χ3v) is 5.25. The number of aromatic amines is 1. The second-order valence-electron chi connectivity index (χ2n) is 7.10. The number of anilines is 3. The lowest BCUT2D eigenvalue weighted by Gasteiger charge is -2.34. The Hall–Kier alpha value is -2.70. The van der Waals surface area contributed by atoms with Gasteiger partial charge >= 0.3 is 6.18 Å². The summed E-state index contributed by atoms with van der Waals surface area (Å²) in [6, 6.07) is 12.0. The first-order valence-corrected chi connectivity index (χ1v) is 9.02. The molecule has 1 fully saturated rings. The van der Waals surface area contributed by atoms with Crippen LogP contribution in [0.4, 0.5) is 30.2 Å². The zero-order valence-electron chi connectivity index (χ0n) is 15.0. The number of halogens is 3. The van der Waals surface area contributed by atoms with Gasteiger partial charge in [-0.15, -0.1) is 0 Å². The summed E-state index contributed by atoms with van der Waals surface area (Å²) in [5.41, 5.74) is 4.95. The van der Waals surface area contributed by atoms with E-state index in [1.807, 2.05) is 48.2 Å². The molecule has 4 nitrogen and oxygen atoms in total. The van der Waals surface area contributed by atoms with Gasteiger partial charge in [-0.25, -0.2) is 0 Å². The number of alkyl halides is 3. The maximum atomic E-state index is 12.8. The minimum atomic E-state index is -4.08. The van der Waals surface area contributed by atoms with Crippen molar-refractivity contribution in [2.75, 3.05) is 23.3 Å². The van der Waals surface area contributed by atoms with Crippen LogP contribution in [-0.4, -0.2) is 29.5 Å². The Kier molecular flexibility index (Phi) is 4.45.